The van der Waals surface area contributed by atoms with Crippen LogP contribution in [0.25, 0.3) is 0 Å². The number of rotatable bonds is 3. The number of allylic oxidation sites excluding steroid dienone is 3. The van der Waals surface area contributed by atoms with Crippen molar-refractivity contribution in [3.8, 4) is 0 Å². The molecule has 1 aliphatic heterocycles. The van der Waals surface area contributed by atoms with Crippen LogP contribution < -0.4 is 0 Å². The molecule has 0 aromatic rings. The second-order valence-electron chi connectivity index (χ2n) is 13.3. The molecule has 0 spiro atoms. The van der Waals surface area contributed by atoms with Crippen molar-refractivity contribution in [1.29, 1.82) is 0 Å². The fourth-order valence-corrected chi connectivity index (χ4v) is 9.55. The van der Waals surface area contributed by atoms with E-state index in [1.807, 2.05) is 12.7 Å². The Bertz CT molecular complexity index is 819. The first-order valence-electron chi connectivity index (χ1n) is 13.9. The third-order valence-corrected chi connectivity index (χ3v) is 11.9. The van der Waals surface area contributed by atoms with Crippen LogP contribution in [-0.4, -0.2) is 49.0 Å². The van der Waals surface area contributed by atoms with Gasteiger partial charge < -0.3 is 14.7 Å². The van der Waals surface area contributed by atoms with Crippen molar-refractivity contribution in [2.75, 3.05) is 20.7 Å². The molecule has 10 atom stereocenters. The Morgan fingerprint density at radius 1 is 1.18 bits per heavy atom. The molecule has 4 aliphatic carbocycles. The Morgan fingerprint density at radius 2 is 1.94 bits per heavy atom. The zero-order valence-electron chi connectivity index (χ0n) is 22.4. The Hall–Kier alpha value is -0.640. The largest absolute Gasteiger partial charge is 0.391 e. The lowest BCUT2D eigenvalue weighted by Crippen LogP contribution is -2.56. The molecule has 5 rings (SSSR count). The van der Waals surface area contributed by atoms with Gasteiger partial charge in [0.05, 0.1) is 12.2 Å². The Labute approximate surface area is 203 Å². The zero-order chi connectivity index (χ0) is 23.7. The van der Waals surface area contributed by atoms with E-state index in [4.69, 9.17) is 4.74 Å². The van der Waals surface area contributed by atoms with Gasteiger partial charge in [-0.05, 0) is 106 Å². The van der Waals surface area contributed by atoms with Crippen molar-refractivity contribution in [1.82, 2.24) is 4.90 Å². The molecule has 0 radical (unpaired) electrons. The maximum Gasteiger partial charge on any atom is 0.0701 e. The highest BCUT2D eigenvalue weighted by Gasteiger charge is 2.56. The normalized spacial score (nSPS) is 49.2. The zero-order valence-corrected chi connectivity index (χ0v) is 22.4. The highest BCUT2D eigenvalue weighted by molar-refractivity contribution is 5.36. The fraction of sp³-hybridized carbons (Fsp3) is 0.867. The lowest BCUT2D eigenvalue weighted by atomic mass is 9.56. The summed E-state index contributed by atoms with van der Waals surface area (Å²) in [5, 5.41) is 11.1. The number of hydrogen-bond donors (Lipinski definition) is 1. The van der Waals surface area contributed by atoms with Gasteiger partial charge in [-0.2, -0.15) is 0 Å². The van der Waals surface area contributed by atoms with Crippen molar-refractivity contribution in [3.63, 3.8) is 0 Å². The number of likely N-dealkylation sites (tertiary alicyclic amines) is 1. The maximum atomic E-state index is 11.1. The predicted octanol–water partition coefficient (Wildman–Crippen LogP) is 6.23. The molecular weight excluding hydrogens is 406 g/mol. The molecule has 33 heavy (non-hydrogen) atoms. The summed E-state index contributed by atoms with van der Waals surface area (Å²) in [6.07, 6.45) is 12.7. The van der Waals surface area contributed by atoms with E-state index in [0.717, 1.165) is 37.1 Å². The highest BCUT2D eigenvalue weighted by atomic mass is 16.5. The minimum absolute atomic E-state index is 0.199. The van der Waals surface area contributed by atoms with Crippen LogP contribution in [0.3, 0.4) is 0 Å². The molecule has 1 heterocycles. The summed E-state index contributed by atoms with van der Waals surface area (Å²) < 4.78 is 5.77. The summed E-state index contributed by atoms with van der Waals surface area (Å²) in [5.41, 5.74) is 5.79. The predicted molar refractivity (Wildman–Crippen MR) is 136 cm³/mol. The van der Waals surface area contributed by atoms with E-state index >= 15 is 0 Å². The van der Waals surface area contributed by atoms with Gasteiger partial charge in [0, 0.05) is 19.7 Å². The van der Waals surface area contributed by atoms with E-state index in [0.29, 0.717) is 23.4 Å². The minimum atomic E-state index is -0.200. The number of hydrogen-bond acceptors (Lipinski definition) is 3. The molecule has 0 aromatic carbocycles. The summed E-state index contributed by atoms with van der Waals surface area (Å²) in [6, 6.07) is 0.275. The molecular formula is C30H49NO2. The fourth-order valence-electron chi connectivity index (χ4n) is 9.55. The van der Waals surface area contributed by atoms with Crippen molar-refractivity contribution in [3.05, 3.63) is 22.8 Å². The van der Waals surface area contributed by atoms with E-state index in [-0.39, 0.29) is 17.6 Å². The van der Waals surface area contributed by atoms with Crippen LogP contribution in [0.1, 0.15) is 86.0 Å². The lowest BCUT2D eigenvalue weighted by molar-refractivity contribution is -0.0481. The van der Waals surface area contributed by atoms with E-state index in [1.165, 1.54) is 38.5 Å². The van der Waals surface area contributed by atoms with Crippen LogP contribution in [-0.2, 0) is 4.74 Å². The number of aliphatic hydroxyl groups excluding tert-OH is 1. The monoisotopic (exact) mass is 455 g/mol. The van der Waals surface area contributed by atoms with Crippen LogP contribution in [0.4, 0.5) is 0 Å². The van der Waals surface area contributed by atoms with E-state index in [2.05, 4.69) is 52.6 Å². The highest BCUT2D eigenvalue weighted by Crippen LogP contribution is 2.65. The molecule has 3 fully saturated rings. The molecule has 5 aliphatic rings. The van der Waals surface area contributed by atoms with Gasteiger partial charge >= 0.3 is 0 Å². The quantitative estimate of drug-likeness (QED) is 0.512. The third kappa shape index (κ3) is 3.62. The standard InChI is InChI=1S/C30H49NO2/c1-18-14-27(32)28(31(6)17-18)20(3)29(4)13-11-23-24-9-8-21-15-22(33-7)10-12-30(21,5)26(24)16-25(23)19(29)2/h8,18,20,22-24,26-28,32H,9-17H2,1-7H3/t18-,20+,22-,23-,24-,26-,27+,28-,29+,30-/m0/s1. The van der Waals surface area contributed by atoms with Crippen LogP contribution in [0, 0.1) is 40.4 Å². The van der Waals surface area contributed by atoms with Gasteiger partial charge in [-0.3, -0.25) is 0 Å². The topological polar surface area (TPSA) is 32.7 Å². The number of methoxy groups -OCH3 is 1. The van der Waals surface area contributed by atoms with Crippen LogP contribution in [0.5, 0.6) is 0 Å². The van der Waals surface area contributed by atoms with Crippen LogP contribution >= 0.6 is 0 Å². The van der Waals surface area contributed by atoms with Gasteiger partial charge in [0.1, 0.15) is 0 Å². The number of fused-ring (bicyclic) bond motifs is 5. The van der Waals surface area contributed by atoms with Crippen molar-refractivity contribution in [2.45, 2.75) is 104 Å². The molecule has 2 saturated carbocycles. The molecule has 0 aromatic heterocycles. The van der Waals surface area contributed by atoms with E-state index in [1.54, 1.807) is 11.1 Å². The van der Waals surface area contributed by atoms with Crippen molar-refractivity contribution >= 4 is 0 Å². The van der Waals surface area contributed by atoms with Gasteiger partial charge in [0.2, 0.25) is 0 Å². The smallest absolute Gasteiger partial charge is 0.0701 e. The Kier molecular flexibility index (Phi) is 6.19. The number of piperidine rings is 1. The lowest BCUT2D eigenvalue weighted by Gasteiger charge is -2.52. The third-order valence-electron chi connectivity index (χ3n) is 11.9. The molecule has 0 unspecified atom stereocenters. The molecule has 0 bridgehead atoms. The van der Waals surface area contributed by atoms with E-state index in [9.17, 15) is 5.11 Å². The first-order valence-corrected chi connectivity index (χ1v) is 13.9. The first kappa shape index (κ1) is 24.1. The molecule has 186 valence electrons. The molecule has 1 N–H and O–H groups in total. The van der Waals surface area contributed by atoms with Crippen LogP contribution in [0.2, 0.25) is 0 Å². The van der Waals surface area contributed by atoms with Gasteiger partial charge in [-0.25, -0.2) is 0 Å². The second-order valence-corrected chi connectivity index (χ2v) is 13.3. The van der Waals surface area contributed by atoms with Crippen LogP contribution in [0.15, 0.2) is 22.8 Å². The summed E-state index contributed by atoms with van der Waals surface area (Å²) in [7, 11) is 4.13. The number of nitrogens with zero attached hydrogens (tertiary/aromatic N) is 1. The van der Waals surface area contributed by atoms with Gasteiger partial charge in [-0.15, -0.1) is 0 Å². The number of ether oxygens (including phenoxy) is 1. The van der Waals surface area contributed by atoms with Crippen molar-refractivity contribution in [2.24, 2.45) is 40.4 Å². The summed E-state index contributed by atoms with van der Waals surface area (Å²) in [6.45, 7) is 13.4. The van der Waals surface area contributed by atoms with Crippen molar-refractivity contribution < 1.29 is 9.84 Å². The average molecular weight is 456 g/mol. The molecule has 3 nitrogen and oxygen atoms in total. The Balaban J connectivity index is 1.43. The average Bonchev–Trinajstić information content (AvgIpc) is 3.15. The number of likely N-dealkylation sites (N-methyl/N-ethyl adjacent to an activating group) is 1. The first-order chi connectivity index (χ1) is 15.6. The molecule has 1 saturated heterocycles. The second kappa shape index (κ2) is 8.49. The molecule has 0 amide bonds. The summed E-state index contributed by atoms with van der Waals surface area (Å²) in [5.74, 6) is 3.50. The molecule has 3 heteroatoms. The number of aliphatic hydroxyl groups is 1. The minimum Gasteiger partial charge on any atom is -0.391 e. The van der Waals surface area contributed by atoms with Gasteiger partial charge in [0.15, 0.2) is 0 Å². The Morgan fingerprint density at radius 3 is 2.64 bits per heavy atom. The SMILES string of the molecule is CO[C@H]1CC[C@@]2(C)C(=CC[C@H]3[C@@H]4CC[C@@](C)([C@H](C)[C@H]5[C@H](O)C[C@H](C)CN5C)C(C)=C4C[C@@H]32)C1. The van der Waals surface area contributed by atoms with Gasteiger partial charge in [-0.1, -0.05) is 50.5 Å². The maximum absolute atomic E-state index is 11.1. The summed E-state index contributed by atoms with van der Waals surface area (Å²) >= 11 is 0. The van der Waals surface area contributed by atoms with E-state index < -0.39 is 0 Å². The van der Waals surface area contributed by atoms with Gasteiger partial charge in [0.25, 0.3) is 0 Å². The summed E-state index contributed by atoms with van der Waals surface area (Å²) in [4.78, 5) is 2.47.